The first kappa shape index (κ1) is 19.2. The molecule has 0 saturated carbocycles. The summed E-state index contributed by atoms with van der Waals surface area (Å²) in [6.45, 7) is 0. The van der Waals surface area contributed by atoms with E-state index < -0.39 is 0 Å². The molecule has 1 N–H and O–H groups in total. The van der Waals surface area contributed by atoms with E-state index in [0.29, 0.717) is 22.8 Å². The van der Waals surface area contributed by atoms with Gasteiger partial charge in [0.25, 0.3) is 5.91 Å². The predicted molar refractivity (Wildman–Crippen MR) is 106 cm³/mol. The van der Waals surface area contributed by atoms with Crippen LogP contribution in [0.2, 0.25) is 0 Å². The van der Waals surface area contributed by atoms with Crippen LogP contribution in [-0.4, -0.2) is 32.2 Å². The van der Waals surface area contributed by atoms with Gasteiger partial charge in [0, 0.05) is 18.0 Å². The van der Waals surface area contributed by atoms with E-state index in [1.807, 2.05) is 42.5 Å². The highest BCUT2D eigenvalue weighted by Crippen LogP contribution is 2.38. The number of methoxy groups -OCH3 is 3. The fourth-order valence-corrected chi connectivity index (χ4v) is 2.99. The van der Waals surface area contributed by atoms with Gasteiger partial charge in [-0.3, -0.25) is 9.78 Å². The Hall–Kier alpha value is -3.54. The number of rotatable bonds is 7. The number of nitrogens with zero attached hydrogens (tertiary/aromatic N) is 1. The van der Waals surface area contributed by atoms with Crippen molar-refractivity contribution in [3.05, 3.63) is 83.7 Å². The van der Waals surface area contributed by atoms with Gasteiger partial charge >= 0.3 is 0 Å². The van der Waals surface area contributed by atoms with Gasteiger partial charge in [-0.05, 0) is 35.4 Å². The zero-order chi connectivity index (χ0) is 19.9. The van der Waals surface area contributed by atoms with Gasteiger partial charge in [-0.25, -0.2) is 0 Å². The van der Waals surface area contributed by atoms with Crippen LogP contribution < -0.4 is 19.5 Å². The summed E-state index contributed by atoms with van der Waals surface area (Å²) in [5.74, 6) is 1.03. The second kappa shape index (κ2) is 8.90. The first-order valence-electron chi connectivity index (χ1n) is 8.73. The Morgan fingerprint density at radius 3 is 1.96 bits per heavy atom. The molecule has 0 fully saturated rings. The standard InChI is InChI=1S/C22H22N2O4/c1-26-18-13-17(14-19(27-2)21(18)28-3)22(25)24-20(15-7-5-4-6-8-15)16-9-11-23-12-10-16/h4-14,20H,1-3H3,(H,24,25)/t20-/m1/s1. The molecule has 0 spiro atoms. The smallest absolute Gasteiger partial charge is 0.252 e. The largest absolute Gasteiger partial charge is 0.493 e. The number of hydrogen-bond acceptors (Lipinski definition) is 5. The Bertz CT molecular complexity index is 865. The van der Waals surface area contributed by atoms with Crippen molar-refractivity contribution in [2.45, 2.75) is 6.04 Å². The fourth-order valence-electron chi connectivity index (χ4n) is 2.99. The molecule has 28 heavy (non-hydrogen) atoms. The zero-order valence-corrected chi connectivity index (χ0v) is 16.0. The zero-order valence-electron chi connectivity index (χ0n) is 16.0. The molecule has 0 aliphatic carbocycles. The number of nitrogens with one attached hydrogen (secondary N) is 1. The van der Waals surface area contributed by atoms with Gasteiger partial charge in [0.1, 0.15) is 0 Å². The number of hydrogen-bond donors (Lipinski definition) is 1. The second-order valence-electron chi connectivity index (χ2n) is 6.01. The molecule has 0 bridgehead atoms. The third kappa shape index (κ3) is 4.06. The first-order valence-corrected chi connectivity index (χ1v) is 8.73. The molecule has 1 aromatic heterocycles. The van der Waals surface area contributed by atoms with Gasteiger partial charge in [-0.2, -0.15) is 0 Å². The van der Waals surface area contributed by atoms with Gasteiger partial charge in [0.05, 0.1) is 27.4 Å². The van der Waals surface area contributed by atoms with Crippen LogP contribution >= 0.6 is 0 Å². The van der Waals surface area contributed by atoms with E-state index >= 15 is 0 Å². The van der Waals surface area contributed by atoms with E-state index in [1.165, 1.54) is 21.3 Å². The normalized spacial score (nSPS) is 11.4. The summed E-state index contributed by atoms with van der Waals surface area (Å²) in [5.41, 5.74) is 2.31. The minimum atomic E-state index is -0.323. The van der Waals surface area contributed by atoms with Gasteiger partial charge in [-0.1, -0.05) is 30.3 Å². The molecule has 2 aromatic carbocycles. The van der Waals surface area contributed by atoms with Crippen molar-refractivity contribution in [2.75, 3.05) is 21.3 Å². The van der Waals surface area contributed by atoms with Crippen LogP contribution in [-0.2, 0) is 0 Å². The molecule has 0 unspecified atom stereocenters. The van der Waals surface area contributed by atoms with Crippen molar-refractivity contribution < 1.29 is 19.0 Å². The number of benzene rings is 2. The van der Waals surface area contributed by atoms with Crippen molar-refractivity contribution in [2.24, 2.45) is 0 Å². The Balaban J connectivity index is 1.97. The third-order valence-electron chi connectivity index (χ3n) is 4.37. The van der Waals surface area contributed by atoms with Gasteiger partial charge in [-0.15, -0.1) is 0 Å². The minimum Gasteiger partial charge on any atom is -0.493 e. The van der Waals surface area contributed by atoms with Gasteiger partial charge in [0.2, 0.25) is 5.75 Å². The number of carbonyl (C=O) groups is 1. The van der Waals surface area contributed by atoms with Crippen LogP contribution in [0.25, 0.3) is 0 Å². The highest BCUT2D eigenvalue weighted by molar-refractivity contribution is 5.96. The van der Waals surface area contributed by atoms with Crippen LogP contribution in [0.5, 0.6) is 17.2 Å². The maximum Gasteiger partial charge on any atom is 0.252 e. The summed E-state index contributed by atoms with van der Waals surface area (Å²) in [6.07, 6.45) is 3.41. The summed E-state index contributed by atoms with van der Waals surface area (Å²) in [6, 6.07) is 16.5. The molecular formula is C22H22N2O4. The average Bonchev–Trinajstić information content (AvgIpc) is 2.77. The molecule has 3 aromatic rings. The Morgan fingerprint density at radius 2 is 1.43 bits per heavy atom. The number of amides is 1. The Morgan fingerprint density at radius 1 is 0.857 bits per heavy atom. The molecule has 0 aliphatic rings. The molecule has 3 rings (SSSR count). The predicted octanol–water partition coefficient (Wildman–Crippen LogP) is 3.63. The molecule has 0 radical (unpaired) electrons. The van der Waals surface area contributed by atoms with Crippen molar-refractivity contribution in [1.82, 2.24) is 10.3 Å². The van der Waals surface area contributed by atoms with Crippen molar-refractivity contribution in [1.29, 1.82) is 0 Å². The topological polar surface area (TPSA) is 69.7 Å². The molecule has 1 amide bonds. The summed E-state index contributed by atoms with van der Waals surface area (Å²) in [7, 11) is 4.56. The van der Waals surface area contributed by atoms with E-state index in [-0.39, 0.29) is 11.9 Å². The summed E-state index contributed by atoms with van der Waals surface area (Å²) in [5, 5.41) is 3.09. The molecule has 0 aliphatic heterocycles. The molecule has 1 atom stereocenters. The highest BCUT2D eigenvalue weighted by Gasteiger charge is 2.21. The Kier molecular flexibility index (Phi) is 6.11. The average molecular weight is 378 g/mol. The van der Waals surface area contributed by atoms with Gasteiger partial charge in [0.15, 0.2) is 11.5 Å². The monoisotopic (exact) mass is 378 g/mol. The van der Waals surface area contributed by atoms with Crippen molar-refractivity contribution in [3.63, 3.8) is 0 Å². The van der Waals surface area contributed by atoms with Crippen LogP contribution in [0.3, 0.4) is 0 Å². The fraction of sp³-hybridized carbons (Fsp3) is 0.182. The number of carbonyl (C=O) groups excluding carboxylic acids is 1. The SMILES string of the molecule is COc1cc(C(=O)N[C@H](c2ccccc2)c2ccncc2)cc(OC)c1OC. The van der Waals surface area contributed by atoms with Crippen LogP contribution in [0, 0.1) is 0 Å². The van der Waals surface area contributed by atoms with E-state index in [0.717, 1.165) is 11.1 Å². The molecule has 1 heterocycles. The maximum atomic E-state index is 13.1. The number of pyridine rings is 1. The number of ether oxygens (including phenoxy) is 3. The first-order chi connectivity index (χ1) is 13.7. The van der Waals surface area contributed by atoms with Crippen LogP contribution in [0.15, 0.2) is 67.0 Å². The molecule has 144 valence electrons. The van der Waals surface area contributed by atoms with Crippen LogP contribution in [0.1, 0.15) is 27.5 Å². The van der Waals surface area contributed by atoms with Gasteiger partial charge < -0.3 is 19.5 Å². The molecule has 6 heteroatoms. The van der Waals surface area contributed by atoms with Crippen molar-refractivity contribution >= 4 is 5.91 Å². The lowest BCUT2D eigenvalue weighted by Gasteiger charge is -2.20. The molecular weight excluding hydrogens is 356 g/mol. The summed E-state index contributed by atoms with van der Waals surface area (Å²) < 4.78 is 16.0. The molecule has 0 saturated heterocycles. The van der Waals surface area contributed by atoms with E-state index in [4.69, 9.17) is 14.2 Å². The van der Waals surface area contributed by atoms with Crippen LogP contribution in [0.4, 0.5) is 0 Å². The Labute approximate surface area is 164 Å². The minimum absolute atomic E-state index is 0.259. The summed E-state index contributed by atoms with van der Waals surface area (Å²) >= 11 is 0. The maximum absolute atomic E-state index is 13.1. The van der Waals surface area contributed by atoms with E-state index in [1.54, 1.807) is 24.5 Å². The van der Waals surface area contributed by atoms with E-state index in [2.05, 4.69) is 10.3 Å². The quantitative estimate of drug-likeness (QED) is 0.680. The lowest BCUT2D eigenvalue weighted by Crippen LogP contribution is -2.29. The van der Waals surface area contributed by atoms with E-state index in [9.17, 15) is 4.79 Å². The third-order valence-corrected chi connectivity index (χ3v) is 4.37. The van der Waals surface area contributed by atoms with Crippen molar-refractivity contribution in [3.8, 4) is 17.2 Å². The molecule has 6 nitrogen and oxygen atoms in total. The lowest BCUT2D eigenvalue weighted by atomic mass is 9.99. The second-order valence-corrected chi connectivity index (χ2v) is 6.01. The highest BCUT2D eigenvalue weighted by atomic mass is 16.5. The summed E-state index contributed by atoms with van der Waals surface area (Å²) in [4.78, 5) is 17.1. The number of aromatic nitrogens is 1. The lowest BCUT2D eigenvalue weighted by molar-refractivity contribution is 0.0942.